The maximum Gasteiger partial charge on any atom is 0.343 e. The molecule has 0 atom stereocenters. The third-order valence-electron chi connectivity index (χ3n) is 2.71. The van der Waals surface area contributed by atoms with Gasteiger partial charge in [0.15, 0.2) is 11.3 Å². The Hall–Kier alpha value is -1.92. The molecular formula is C14H17NO5. The van der Waals surface area contributed by atoms with Gasteiger partial charge in [0, 0.05) is 19.4 Å². The van der Waals surface area contributed by atoms with Crippen LogP contribution >= 0.6 is 0 Å². The molecule has 20 heavy (non-hydrogen) atoms. The Labute approximate surface area is 116 Å². The Morgan fingerprint density at radius 3 is 2.65 bits per heavy atom. The number of aromatic nitrogens is 1. The third kappa shape index (κ3) is 2.66. The number of fused-ring (bicyclic) bond motifs is 1. The van der Waals surface area contributed by atoms with Crippen molar-refractivity contribution in [2.24, 2.45) is 0 Å². The van der Waals surface area contributed by atoms with E-state index < -0.39 is 12.3 Å². The van der Waals surface area contributed by atoms with Crippen LogP contribution in [-0.4, -0.2) is 31.3 Å². The number of nitrogens with zero attached hydrogens (tertiary/aromatic N) is 1. The molecule has 0 unspecified atom stereocenters. The molecule has 0 saturated carbocycles. The summed E-state index contributed by atoms with van der Waals surface area (Å²) in [7, 11) is 1.31. The summed E-state index contributed by atoms with van der Waals surface area (Å²) in [6.45, 7) is 4.53. The summed E-state index contributed by atoms with van der Waals surface area (Å²) in [5.74, 6) is -0.240. The van der Waals surface area contributed by atoms with Crippen molar-refractivity contribution in [1.29, 1.82) is 0 Å². The number of furan rings is 1. The highest BCUT2D eigenvalue weighted by molar-refractivity contribution is 6.02. The summed E-state index contributed by atoms with van der Waals surface area (Å²) in [6.07, 6.45) is 0.832. The molecule has 0 fully saturated rings. The minimum atomic E-state index is -0.756. The SMILES string of the molecule is CCOC(OCC)c1oc2cccnc2c1C(=O)OC. The van der Waals surface area contributed by atoms with Gasteiger partial charge in [-0.2, -0.15) is 0 Å². The van der Waals surface area contributed by atoms with E-state index in [1.165, 1.54) is 7.11 Å². The van der Waals surface area contributed by atoms with Crippen LogP contribution in [-0.2, 0) is 14.2 Å². The quantitative estimate of drug-likeness (QED) is 0.598. The largest absolute Gasteiger partial charge is 0.465 e. The molecule has 0 spiro atoms. The van der Waals surface area contributed by atoms with Crippen LogP contribution in [0.1, 0.15) is 36.3 Å². The van der Waals surface area contributed by atoms with Crippen molar-refractivity contribution in [3.8, 4) is 0 Å². The van der Waals surface area contributed by atoms with Gasteiger partial charge >= 0.3 is 5.97 Å². The highest BCUT2D eigenvalue weighted by Crippen LogP contribution is 2.31. The highest BCUT2D eigenvalue weighted by Gasteiger charge is 2.29. The number of methoxy groups -OCH3 is 1. The molecular weight excluding hydrogens is 262 g/mol. The van der Waals surface area contributed by atoms with Gasteiger partial charge in [-0.1, -0.05) is 0 Å². The predicted octanol–water partition coefficient (Wildman–Crippen LogP) is 2.69. The fourth-order valence-corrected chi connectivity index (χ4v) is 1.91. The first-order chi connectivity index (χ1) is 9.72. The van der Waals surface area contributed by atoms with E-state index in [1.54, 1.807) is 18.3 Å². The zero-order chi connectivity index (χ0) is 14.5. The number of pyridine rings is 1. The van der Waals surface area contributed by atoms with E-state index in [1.807, 2.05) is 13.8 Å². The van der Waals surface area contributed by atoms with E-state index in [0.717, 1.165) is 0 Å². The summed E-state index contributed by atoms with van der Waals surface area (Å²) in [5.41, 5.74) is 1.18. The van der Waals surface area contributed by atoms with Crippen molar-refractivity contribution in [1.82, 2.24) is 4.98 Å². The molecule has 0 saturated heterocycles. The zero-order valence-electron chi connectivity index (χ0n) is 11.7. The highest BCUT2D eigenvalue weighted by atomic mass is 16.7. The number of ether oxygens (including phenoxy) is 3. The van der Waals surface area contributed by atoms with Crippen LogP contribution in [0.2, 0.25) is 0 Å². The Morgan fingerprint density at radius 2 is 2.05 bits per heavy atom. The zero-order valence-corrected chi connectivity index (χ0v) is 11.7. The van der Waals surface area contributed by atoms with Crippen LogP contribution in [0.25, 0.3) is 11.1 Å². The topological polar surface area (TPSA) is 70.8 Å². The number of hydrogen-bond acceptors (Lipinski definition) is 6. The van der Waals surface area contributed by atoms with Crippen molar-refractivity contribution in [2.45, 2.75) is 20.1 Å². The first-order valence-electron chi connectivity index (χ1n) is 6.41. The second kappa shape index (κ2) is 6.49. The maximum absolute atomic E-state index is 12.0. The lowest BCUT2D eigenvalue weighted by Crippen LogP contribution is -2.13. The molecule has 0 aliphatic rings. The Kier molecular flexibility index (Phi) is 4.70. The molecule has 0 bridgehead atoms. The number of carbonyl (C=O) groups is 1. The number of esters is 1. The first kappa shape index (κ1) is 14.5. The average molecular weight is 279 g/mol. The summed E-state index contributed by atoms with van der Waals surface area (Å²) >= 11 is 0. The van der Waals surface area contributed by atoms with Gasteiger partial charge in [0.2, 0.25) is 6.29 Å². The van der Waals surface area contributed by atoms with E-state index in [4.69, 9.17) is 18.6 Å². The van der Waals surface area contributed by atoms with E-state index in [-0.39, 0.29) is 11.3 Å². The average Bonchev–Trinajstić information content (AvgIpc) is 2.85. The summed E-state index contributed by atoms with van der Waals surface area (Å²) < 4.78 is 21.4. The van der Waals surface area contributed by atoms with Gasteiger partial charge < -0.3 is 18.6 Å². The Balaban J connectivity index is 2.57. The fraction of sp³-hybridized carbons (Fsp3) is 0.429. The van der Waals surface area contributed by atoms with Gasteiger partial charge in [0.25, 0.3) is 0 Å². The summed E-state index contributed by atoms with van der Waals surface area (Å²) in [5, 5.41) is 0. The van der Waals surface area contributed by atoms with E-state index in [2.05, 4.69) is 4.98 Å². The van der Waals surface area contributed by atoms with Crippen LogP contribution in [0, 0.1) is 0 Å². The van der Waals surface area contributed by atoms with Crippen LogP contribution in [0.15, 0.2) is 22.7 Å². The molecule has 0 amide bonds. The Morgan fingerprint density at radius 1 is 1.35 bits per heavy atom. The van der Waals surface area contributed by atoms with E-state index >= 15 is 0 Å². The molecule has 0 aromatic carbocycles. The number of hydrogen-bond donors (Lipinski definition) is 0. The lowest BCUT2D eigenvalue weighted by molar-refractivity contribution is -0.150. The van der Waals surface area contributed by atoms with Crippen molar-refractivity contribution >= 4 is 17.1 Å². The second-order valence-corrected chi connectivity index (χ2v) is 3.93. The first-order valence-corrected chi connectivity index (χ1v) is 6.41. The molecule has 2 aromatic heterocycles. The fourth-order valence-electron chi connectivity index (χ4n) is 1.91. The summed E-state index contributed by atoms with van der Waals surface area (Å²) in [4.78, 5) is 16.2. The molecule has 2 rings (SSSR count). The second-order valence-electron chi connectivity index (χ2n) is 3.93. The molecule has 6 nitrogen and oxygen atoms in total. The molecule has 2 aromatic rings. The Bertz CT molecular complexity index is 586. The van der Waals surface area contributed by atoms with Gasteiger partial charge in [0.05, 0.1) is 7.11 Å². The lowest BCUT2D eigenvalue weighted by atomic mass is 10.2. The predicted molar refractivity (Wildman–Crippen MR) is 71.3 cm³/mol. The van der Waals surface area contributed by atoms with E-state index in [9.17, 15) is 4.79 Å². The van der Waals surface area contributed by atoms with Crippen molar-refractivity contribution < 1.29 is 23.4 Å². The van der Waals surface area contributed by atoms with Crippen molar-refractivity contribution in [3.63, 3.8) is 0 Å². The molecule has 108 valence electrons. The van der Waals surface area contributed by atoms with E-state index in [0.29, 0.717) is 24.3 Å². The molecule has 0 aliphatic carbocycles. The van der Waals surface area contributed by atoms with Gasteiger partial charge in [0.1, 0.15) is 11.1 Å². The van der Waals surface area contributed by atoms with Crippen molar-refractivity contribution in [3.05, 3.63) is 29.7 Å². The number of carbonyl (C=O) groups excluding carboxylic acids is 1. The van der Waals surface area contributed by atoms with Crippen LogP contribution in [0.5, 0.6) is 0 Å². The molecule has 0 N–H and O–H groups in total. The molecule has 0 radical (unpaired) electrons. The van der Waals surface area contributed by atoms with Gasteiger partial charge in [-0.15, -0.1) is 0 Å². The molecule has 6 heteroatoms. The van der Waals surface area contributed by atoms with Gasteiger partial charge in [-0.3, -0.25) is 4.98 Å². The van der Waals surface area contributed by atoms with Crippen LogP contribution in [0.3, 0.4) is 0 Å². The minimum absolute atomic E-state index is 0.245. The van der Waals surface area contributed by atoms with Crippen molar-refractivity contribution in [2.75, 3.05) is 20.3 Å². The van der Waals surface area contributed by atoms with Crippen LogP contribution in [0.4, 0.5) is 0 Å². The minimum Gasteiger partial charge on any atom is -0.465 e. The molecule has 2 heterocycles. The van der Waals surface area contributed by atoms with Crippen LogP contribution < -0.4 is 0 Å². The van der Waals surface area contributed by atoms with Gasteiger partial charge in [-0.05, 0) is 26.0 Å². The monoisotopic (exact) mass is 279 g/mol. The lowest BCUT2D eigenvalue weighted by Gasteiger charge is -2.15. The number of rotatable bonds is 6. The maximum atomic E-state index is 12.0. The normalized spacial score (nSPS) is 11.2. The van der Waals surface area contributed by atoms with Gasteiger partial charge in [-0.25, -0.2) is 4.79 Å². The standard InChI is InChI=1S/C14H17NO5/c1-4-18-14(19-5-2)12-10(13(16)17-3)11-9(20-12)7-6-8-15-11/h6-8,14H,4-5H2,1-3H3. The molecule has 0 aliphatic heterocycles. The summed E-state index contributed by atoms with van der Waals surface area (Å²) in [6, 6.07) is 3.46. The smallest absolute Gasteiger partial charge is 0.343 e. The third-order valence-corrected chi connectivity index (χ3v) is 2.71.